The van der Waals surface area contributed by atoms with E-state index in [-0.39, 0.29) is 11.5 Å². The lowest BCUT2D eigenvalue weighted by Crippen LogP contribution is -2.27. The number of hydrogen-bond acceptors (Lipinski definition) is 4. The van der Waals surface area contributed by atoms with E-state index in [4.69, 9.17) is 27.9 Å². The molecule has 0 saturated carbocycles. The summed E-state index contributed by atoms with van der Waals surface area (Å²) >= 11 is 12.1. The molecule has 1 fully saturated rings. The van der Waals surface area contributed by atoms with Crippen LogP contribution in [-0.4, -0.2) is 38.3 Å². The maximum atomic E-state index is 12.6. The van der Waals surface area contributed by atoms with Crippen LogP contribution in [0.4, 0.5) is 5.69 Å². The topological polar surface area (TPSA) is 75.7 Å². The Morgan fingerprint density at radius 2 is 1.79 bits per heavy atom. The summed E-state index contributed by atoms with van der Waals surface area (Å²) in [5.74, 6) is 0.00365. The highest BCUT2D eigenvalue weighted by Crippen LogP contribution is 2.30. The summed E-state index contributed by atoms with van der Waals surface area (Å²) in [6.45, 7) is 2.57. The van der Waals surface area contributed by atoms with Crippen LogP contribution < -0.4 is 10.1 Å². The molecule has 0 spiro atoms. The third-order valence-corrected chi connectivity index (χ3v) is 6.96. The highest BCUT2D eigenvalue weighted by Gasteiger charge is 2.27. The normalized spacial score (nSPS) is 14.8. The van der Waals surface area contributed by atoms with Gasteiger partial charge in [0.05, 0.1) is 20.6 Å². The summed E-state index contributed by atoms with van der Waals surface area (Å²) in [4.78, 5) is 12.4. The fraction of sp³-hybridized carbons (Fsp3) is 0.316. The molecule has 0 bridgehead atoms. The standard InChI is InChI=1S/C19H20Cl2N2O4S/c1-13-11-14(28(25,26)23-9-2-3-10-23)7-8-17(13)27-12-18(24)22-19-15(20)5-4-6-16(19)21/h4-8,11H,2-3,9-10,12H2,1H3,(H,22,24). The quantitative estimate of drug-likeness (QED) is 0.730. The number of hydrogen-bond donors (Lipinski definition) is 1. The first-order chi connectivity index (χ1) is 13.3. The maximum Gasteiger partial charge on any atom is 0.262 e. The molecular weight excluding hydrogens is 423 g/mol. The van der Waals surface area contributed by atoms with Gasteiger partial charge in [-0.3, -0.25) is 4.79 Å². The number of ether oxygens (including phenoxy) is 1. The summed E-state index contributed by atoms with van der Waals surface area (Å²) in [5, 5.41) is 3.27. The van der Waals surface area contributed by atoms with Gasteiger partial charge in [-0.2, -0.15) is 4.31 Å². The highest BCUT2D eigenvalue weighted by atomic mass is 35.5. The molecule has 1 saturated heterocycles. The van der Waals surface area contributed by atoms with Gasteiger partial charge in [0.2, 0.25) is 10.0 Å². The molecule has 150 valence electrons. The van der Waals surface area contributed by atoms with Crippen LogP contribution in [0.1, 0.15) is 18.4 Å². The minimum absolute atomic E-state index is 0.228. The third-order valence-electron chi connectivity index (χ3n) is 4.44. The van der Waals surface area contributed by atoms with Crippen LogP contribution in [0.25, 0.3) is 0 Å². The second-order valence-corrected chi connectivity index (χ2v) is 9.22. The number of carbonyl (C=O) groups excluding carboxylic acids is 1. The fourth-order valence-corrected chi connectivity index (χ4v) is 5.05. The van der Waals surface area contributed by atoms with Gasteiger partial charge in [0, 0.05) is 13.1 Å². The lowest BCUT2D eigenvalue weighted by molar-refractivity contribution is -0.118. The molecule has 0 radical (unpaired) electrons. The summed E-state index contributed by atoms with van der Waals surface area (Å²) in [6, 6.07) is 9.54. The molecule has 0 aliphatic carbocycles. The van der Waals surface area contributed by atoms with Crippen molar-refractivity contribution < 1.29 is 17.9 Å². The smallest absolute Gasteiger partial charge is 0.262 e. The molecule has 2 aromatic rings. The van der Waals surface area contributed by atoms with Crippen molar-refractivity contribution in [3.63, 3.8) is 0 Å². The Bertz CT molecular complexity index is 969. The van der Waals surface area contributed by atoms with Crippen molar-refractivity contribution in [1.82, 2.24) is 4.31 Å². The Morgan fingerprint density at radius 1 is 1.14 bits per heavy atom. The Hall–Kier alpha value is -1.80. The molecular formula is C19H20Cl2N2O4S. The van der Waals surface area contributed by atoms with Gasteiger partial charge in [-0.15, -0.1) is 0 Å². The van der Waals surface area contributed by atoms with Gasteiger partial charge in [0.1, 0.15) is 5.75 Å². The number of anilines is 1. The fourth-order valence-electron chi connectivity index (χ4n) is 2.96. The predicted octanol–water partition coefficient (Wildman–Crippen LogP) is 4.10. The predicted molar refractivity (Wildman–Crippen MR) is 110 cm³/mol. The Labute approximate surface area is 174 Å². The SMILES string of the molecule is Cc1cc(S(=O)(=O)N2CCCC2)ccc1OCC(=O)Nc1c(Cl)cccc1Cl. The summed E-state index contributed by atoms with van der Waals surface area (Å²) < 4.78 is 32.3. The highest BCUT2D eigenvalue weighted by molar-refractivity contribution is 7.89. The molecule has 28 heavy (non-hydrogen) atoms. The van der Waals surface area contributed by atoms with Gasteiger partial charge >= 0.3 is 0 Å². The summed E-state index contributed by atoms with van der Waals surface area (Å²) in [5.41, 5.74) is 0.951. The molecule has 0 unspecified atom stereocenters. The number of benzene rings is 2. The number of aryl methyl sites for hydroxylation is 1. The number of nitrogens with zero attached hydrogens (tertiary/aromatic N) is 1. The number of halogens is 2. The third kappa shape index (κ3) is 4.60. The van der Waals surface area contributed by atoms with Crippen LogP contribution >= 0.6 is 23.2 Å². The minimum Gasteiger partial charge on any atom is -0.483 e. The summed E-state index contributed by atoms with van der Waals surface area (Å²) in [7, 11) is -3.49. The van der Waals surface area contributed by atoms with E-state index in [1.165, 1.54) is 10.4 Å². The monoisotopic (exact) mass is 442 g/mol. The first kappa shape index (κ1) is 20.9. The molecule has 2 aromatic carbocycles. The van der Waals surface area contributed by atoms with Crippen molar-refractivity contribution in [2.24, 2.45) is 0 Å². The average Bonchev–Trinajstić information content (AvgIpc) is 3.19. The first-order valence-corrected chi connectivity index (χ1v) is 11.0. The van der Waals surface area contributed by atoms with E-state index >= 15 is 0 Å². The molecule has 3 rings (SSSR count). The van der Waals surface area contributed by atoms with Crippen molar-refractivity contribution in [2.75, 3.05) is 25.0 Å². The second kappa shape index (κ2) is 8.69. The van der Waals surface area contributed by atoms with E-state index in [2.05, 4.69) is 5.32 Å². The lowest BCUT2D eigenvalue weighted by Gasteiger charge is -2.17. The molecule has 1 aliphatic rings. The van der Waals surface area contributed by atoms with Crippen molar-refractivity contribution >= 4 is 44.8 Å². The van der Waals surface area contributed by atoms with Gasteiger partial charge in [-0.1, -0.05) is 29.3 Å². The summed E-state index contributed by atoms with van der Waals surface area (Å²) in [6.07, 6.45) is 1.76. The van der Waals surface area contributed by atoms with Crippen LogP contribution in [0.2, 0.25) is 10.0 Å². The molecule has 1 amide bonds. The van der Waals surface area contributed by atoms with E-state index in [0.29, 0.717) is 40.1 Å². The number of amides is 1. The van der Waals surface area contributed by atoms with E-state index in [0.717, 1.165) is 12.8 Å². The van der Waals surface area contributed by atoms with Crippen molar-refractivity contribution in [3.8, 4) is 5.75 Å². The Balaban J connectivity index is 1.66. The van der Waals surface area contributed by atoms with Gasteiger partial charge in [0.15, 0.2) is 6.61 Å². The minimum atomic E-state index is -3.49. The zero-order valence-corrected chi connectivity index (χ0v) is 17.6. The van der Waals surface area contributed by atoms with Crippen LogP contribution in [0.5, 0.6) is 5.75 Å². The zero-order valence-electron chi connectivity index (χ0n) is 15.2. The molecule has 0 atom stereocenters. The molecule has 6 nitrogen and oxygen atoms in total. The van der Waals surface area contributed by atoms with Gasteiger partial charge in [0.25, 0.3) is 5.91 Å². The van der Waals surface area contributed by atoms with Gasteiger partial charge in [-0.05, 0) is 55.7 Å². The molecule has 1 heterocycles. The van der Waals surface area contributed by atoms with Crippen molar-refractivity contribution in [3.05, 3.63) is 52.0 Å². The number of para-hydroxylation sites is 1. The molecule has 1 aliphatic heterocycles. The zero-order chi connectivity index (χ0) is 20.3. The number of rotatable bonds is 6. The number of carbonyl (C=O) groups is 1. The van der Waals surface area contributed by atoms with Crippen LogP contribution in [0, 0.1) is 6.92 Å². The Morgan fingerprint density at radius 3 is 2.39 bits per heavy atom. The van der Waals surface area contributed by atoms with E-state index < -0.39 is 15.9 Å². The number of nitrogens with one attached hydrogen (secondary N) is 1. The average molecular weight is 443 g/mol. The van der Waals surface area contributed by atoms with E-state index in [1.54, 1.807) is 37.3 Å². The van der Waals surface area contributed by atoms with Gasteiger partial charge in [-0.25, -0.2) is 8.42 Å². The lowest BCUT2D eigenvalue weighted by atomic mass is 10.2. The number of sulfonamides is 1. The van der Waals surface area contributed by atoms with Crippen LogP contribution in [0.3, 0.4) is 0 Å². The maximum absolute atomic E-state index is 12.6. The van der Waals surface area contributed by atoms with Crippen LogP contribution in [-0.2, 0) is 14.8 Å². The van der Waals surface area contributed by atoms with Gasteiger partial charge < -0.3 is 10.1 Å². The van der Waals surface area contributed by atoms with Crippen molar-refractivity contribution in [1.29, 1.82) is 0 Å². The second-order valence-electron chi connectivity index (χ2n) is 6.47. The van der Waals surface area contributed by atoms with E-state index in [1.807, 2.05) is 0 Å². The van der Waals surface area contributed by atoms with Crippen LogP contribution in [0.15, 0.2) is 41.3 Å². The molecule has 9 heteroatoms. The van der Waals surface area contributed by atoms with E-state index in [9.17, 15) is 13.2 Å². The molecule has 0 aromatic heterocycles. The Kier molecular flexibility index (Phi) is 6.50. The van der Waals surface area contributed by atoms with Crippen molar-refractivity contribution in [2.45, 2.75) is 24.7 Å². The first-order valence-electron chi connectivity index (χ1n) is 8.76. The largest absolute Gasteiger partial charge is 0.483 e. The molecule has 1 N–H and O–H groups in total.